The molecule has 2 aliphatic rings. The molecule has 0 unspecified atom stereocenters. The third-order valence-corrected chi connectivity index (χ3v) is 5.02. The van der Waals surface area contributed by atoms with Crippen LogP contribution >= 0.6 is 23.2 Å². The fourth-order valence-electron chi connectivity index (χ4n) is 3.13. The van der Waals surface area contributed by atoms with Crippen molar-refractivity contribution in [2.45, 2.75) is 30.9 Å². The number of carbonyl (C=O) groups is 1. The van der Waals surface area contributed by atoms with Gasteiger partial charge in [-0.25, -0.2) is 4.79 Å². The predicted octanol–water partition coefficient (Wildman–Crippen LogP) is 2.76. The molecule has 114 valence electrons. The number of amides is 1. The summed E-state index contributed by atoms with van der Waals surface area (Å²) in [6.07, 6.45) is 0.224. The Bertz CT molecular complexity index is 580. The average Bonchev–Trinajstić information content (AvgIpc) is 2.47. The standard InChI is InChI=1S/C14H15Cl2NO4/c15-8-2-4-10(18)12(13(8)16)7-1-3-9-11(19)6-21-14(20)17(9)5-7/h2,4,7,9,11,18-19H,1,3,5-6H2/t7-,9-,11-/m0/s1. The van der Waals surface area contributed by atoms with E-state index in [1.807, 2.05) is 0 Å². The lowest BCUT2D eigenvalue weighted by Crippen LogP contribution is -2.57. The Morgan fingerprint density at radius 2 is 2.05 bits per heavy atom. The molecule has 3 rings (SSSR count). The average molecular weight is 332 g/mol. The van der Waals surface area contributed by atoms with E-state index in [1.165, 1.54) is 17.0 Å². The molecule has 1 aromatic carbocycles. The highest BCUT2D eigenvalue weighted by Gasteiger charge is 2.41. The van der Waals surface area contributed by atoms with Gasteiger partial charge in [0.2, 0.25) is 0 Å². The highest BCUT2D eigenvalue weighted by Crippen LogP contribution is 2.42. The predicted molar refractivity (Wildman–Crippen MR) is 78.0 cm³/mol. The Kier molecular flexibility index (Phi) is 3.90. The van der Waals surface area contributed by atoms with Gasteiger partial charge in [-0.2, -0.15) is 0 Å². The van der Waals surface area contributed by atoms with Crippen molar-refractivity contribution in [2.75, 3.05) is 13.2 Å². The number of rotatable bonds is 1. The van der Waals surface area contributed by atoms with E-state index in [9.17, 15) is 15.0 Å². The molecule has 0 saturated carbocycles. The summed E-state index contributed by atoms with van der Waals surface area (Å²) in [5.41, 5.74) is 0.551. The second-order valence-electron chi connectivity index (χ2n) is 5.43. The third kappa shape index (κ3) is 2.54. The number of piperidine rings is 1. The minimum atomic E-state index is -0.674. The molecular weight excluding hydrogens is 317 g/mol. The van der Waals surface area contributed by atoms with Crippen LogP contribution in [0.2, 0.25) is 10.0 Å². The molecule has 2 aliphatic heterocycles. The first kappa shape index (κ1) is 14.8. The van der Waals surface area contributed by atoms with Crippen LogP contribution in [0.25, 0.3) is 0 Å². The number of carbonyl (C=O) groups excluding carboxylic acids is 1. The fourth-order valence-corrected chi connectivity index (χ4v) is 3.61. The smallest absolute Gasteiger partial charge is 0.410 e. The van der Waals surface area contributed by atoms with Gasteiger partial charge in [-0.1, -0.05) is 23.2 Å². The van der Waals surface area contributed by atoms with Crippen molar-refractivity contribution in [3.63, 3.8) is 0 Å². The zero-order chi connectivity index (χ0) is 15.1. The lowest BCUT2D eigenvalue weighted by Gasteiger charge is -2.44. The van der Waals surface area contributed by atoms with Crippen molar-refractivity contribution < 1.29 is 19.7 Å². The van der Waals surface area contributed by atoms with Gasteiger partial charge in [-0.3, -0.25) is 0 Å². The molecule has 0 spiro atoms. The van der Waals surface area contributed by atoms with Crippen molar-refractivity contribution in [3.05, 3.63) is 27.7 Å². The van der Waals surface area contributed by atoms with Crippen LogP contribution in [0.3, 0.4) is 0 Å². The van der Waals surface area contributed by atoms with E-state index in [4.69, 9.17) is 27.9 Å². The van der Waals surface area contributed by atoms with Crippen molar-refractivity contribution in [3.8, 4) is 5.75 Å². The van der Waals surface area contributed by atoms with E-state index in [-0.39, 0.29) is 24.3 Å². The number of aromatic hydroxyl groups is 1. The number of ether oxygens (including phenoxy) is 1. The Morgan fingerprint density at radius 1 is 1.29 bits per heavy atom. The number of aliphatic hydroxyl groups excluding tert-OH is 1. The number of cyclic esters (lactones) is 1. The number of hydrogen-bond acceptors (Lipinski definition) is 4. The SMILES string of the molecule is O=C1OC[C@H](O)[C@@H]2CC[C@H](c3c(O)ccc(Cl)c3Cl)CN12. The zero-order valence-electron chi connectivity index (χ0n) is 11.1. The molecule has 1 aromatic rings. The molecule has 3 atom stereocenters. The Hall–Kier alpha value is -1.17. The number of hydrogen-bond donors (Lipinski definition) is 2. The highest BCUT2D eigenvalue weighted by molar-refractivity contribution is 6.42. The summed E-state index contributed by atoms with van der Waals surface area (Å²) in [6.45, 7) is 0.377. The van der Waals surface area contributed by atoms with Crippen LogP contribution in [-0.4, -0.2) is 46.5 Å². The largest absolute Gasteiger partial charge is 0.508 e. The lowest BCUT2D eigenvalue weighted by atomic mass is 9.85. The van der Waals surface area contributed by atoms with Crippen molar-refractivity contribution in [2.24, 2.45) is 0 Å². The summed E-state index contributed by atoms with van der Waals surface area (Å²) >= 11 is 12.2. The second-order valence-corrected chi connectivity index (χ2v) is 6.22. The van der Waals surface area contributed by atoms with Crippen molar-refractivity contribution >= 4 is 29.3 Å². The molecule has 0 aliphatic carbocycles. The Labute approximate surface area is 132 Å². The summed E-state index contributed by atoms with van der Waals surface area (Å²) in [5.74, 6) is -0.0657. The van der Waals surface area contributed by atoms with E-state index >= 15 is 0 Å². The first-order chi connectivity index (χ1) is 9.99. The Morgan fingerprint density at radius 3 is 2.81 bits per heavy atom. The van der Waals surface area contributed by atoms with Crippen molar-refractivity contribution in [1.29, 1.82) is 0 Å². The summed E-state index contributed by atoms with van der Waals surface area (Å²) in [6, 6.07) is 2.80. The number of halogens is 2. The second kappa shape index (κ2) is 5.55. The molecule has 0 aromatic heterocycles. The molecule has 2 fully saturated rings. The zero-order valence-corrected chi connectivity index (χ0v) is 12.6. The number of aliphatic hydroxyl groups is 1. The fraction of sp³-hybridized carbons (Fsp3) is 0.500. The van der Waals surface area contributed by atoms with E-state index in [1.54, 1.807) is 0 Å². The van der Waals surface area contributed by atoms with Crippen LogP contribution in [0.1, 0.15) is 24.3 Å². The third-order valence-electron chi connectivity index (χ3n) is 4.20. The van der Waals surface area contributed by atoms with E-state index in [0.29, 0.717) is 35.0 Å². The monoisotopic (exact) mass is 331 g/mol. The number of fused-ring (bicyclic) bond motifs is 1. The maximum atomic E-state index is 11.9. The first-order valence-corrected chi connectivity index (χ1v) is 7.53. The van der Waals surface area contributed by atoms with E-state index < -0.39 is 12.2 Å². The molecule has 2 N–H and O–H groups in total. The van der Waals surface area contributed by atoms with Crippen LogP contribution in [-0.2, 0) is 4.74 Å². The maximum Gasteiger partial charge on any atom is 0.410 e. The molecule has 0 radical (unpaired) electrons. The van der Waals surface area contributed by atoms with Gasteiger partial charge < -0.3 is 19.8 Å². The Balaban J connectivity index is 1.89. The number of nitrogens with zero attached hydrogens (tertiary/aromatic N) is 1. The van der Waals surface area contributed by atoms with Gasteiger partial charge in [0.05, 0.1) is 16.1 Å². The topological polar surface area (TPSA) is 70.0 Å². The van der Waals surface area contributed by atoms with Gasteiger partial charge in [-0.15, -0.1) is 0 Å². The van der Waals surface area contributed by atoms with Crippen LogP contribution < -0.4 is 0 Å². The molecule has 1 amide bonds. The number of phenolic OH excluding ortho intramolecular Hbond substituents is 1. The van der Waals surface area contributed by atoms with Crippen LogP contribution in [0.4, 0.5) is 4.79 Å². The van der Waals surface area contributed by atoms with Gasteiger partial charge in [0, 0.05) is 18.0 Å². The highest BCUT2D eigenvalue weighted by atomic mass is 35.5. The van der Waals surface area contributed by atoms with Crippen LogP contribution in [0.5, 0.6) is 5.75 Å². The number of phenols is 1. The van der Waals surface area contributed by atoms with Crippen molar-refractivity contribution in [1.82, 2.24) is 4.90 Å². The molecule has 2 heterocycles. The minimum absolute atomic E-state index is 0.0356. The lowest BCUT2D eigenvalue weighted by molar-refractivity contribution is -0.0571. The van der Waals surface area contributed by atoms with Crippen LogP contribution in [0.15, 0.2) is 12.1 Å². The summed E-state index contributed by atoms with van der Waals surface area (Å²) in [7, 11) is 0. The summed E-state index contributed by atoms with van der Waals surface area (Å²) in [4.78, 5) is 13.4. The maximum absolute atomic E-state index is 11.9. The van der Waals surface area contributed by atoms with Gasteiger partial charge in [0.25, 0.3) is 0 Å². The first-order valence-electron chi connectivity index (χ1n) is 6.77. The molecule has 2 saturated heterocycles. The summed E-state index contributed by atoms with van der Waals surface area (Å²) in [5, 5.41) is 20.7. The molecule has 0 bridgehead atoms. The minimum Gasteiger partial charge on any atom is -0.508 e. The number of benzene rings is 1. The van der Waals surface area contributed by atoms with E-state index in [0.717, 1.165) is 0 Å². The molecule has 7 heteroatoms. The van der Waals surface area contributed by atoms with Crippen LogP contribution in [0, 0.1) is 0 Å². The van der Waals surface area contributed by atoms with E-state index in [2.05, 4.69) is 0 Å². The van der Waals surface area contributed by atoms with Gasteiger partial charge >= 0.3 is 6.09 Å². The molecule has 21 heavy (non-hydrogen) atoms. The normalized spacial score (nSPS) is 29.0. The molecule has 5 nitrogen and oxygen atoms in total. The quantitative estimate of drug-likeness (QED) is 0.830. The molecular formula is C14H15Cl2NO4. The van der Waals surface area contributed by atoms with Gasteiger partial charge in [0.1, 0.15) is 18.5 Å². The van der Waals surface area contributed by atoms with Gasteiger partial charge in [0.15, 0.2) is 0 Å². The van der Waals surface area contributed by atoms with Gasteiger partial charge in [-0.05, 0) is 25.0 Å². The summed E-state index contributed by atoms with van der Waals surface area (Å²) < 4.78 is 4.94.